The first-order valence-corrected chi connectivity index (χ1v) is 9.19. The van der Waals surface area contributed by atoms with Crippen LogP contribution in [-0.2, 0) is 6.42 Å². The van der Waals surface area contributed by atoms with Crippen LogP contribution in [-0.4, -0.2) is 50.3 Å². The molecule has 28 heavy (non-hydrogen) atoms. The molecule has 1 aromatic heterocycles. The summed E-state index contributed by atoms with van der Waals surface area (Å²) in [5.41, 5.74) is 2.66. The summed E-state index contributed by atoms with van der Waals surface area (Å²) in [6.45, 7) is 3.26. The number of hydrogen-bond donors (Lipinski definition) is 2. The van der Waals surface area contributed by atoms with Gasteiger partial charge in [-0.3, -0.25) is 0 Å². The lowest BCUT2D eigenvalue weighted by Crippen LogP contribution is -2.32. The Morgan fingerprint density at radius 3 is 2.71 bits per heavy atom. The SMILES string of the molecule is COc1ccc(CCNCC(O)COc2ccc3c(C)noc3c2)cc1OC. The van der Waals surface area contributed by atoms with Crippen molar-refractivity contribution in [3.8, 4) is 17.2 Å². The summed E-state index contributed by atoms with van der Waals surface area (Å²) in [5.74, 6) is 2.07. The van der Waals surface area contributed by atoms with Gasteiger partial charge in [0, 0.05) is 18.0 Å². The molecule has 0 saturated heterocycles. The molecule has 2 N–H and O–H groups in total. The minimum absolute atomic E-state index is 0.196. The van der Waals surface area contributed by atoms with E-state index in [2.05, 4.69) is 10.5 Å². The maximum Gasteiger partial charge on any atom is 0.170 e. The second-order valence-electron chi connectivity index (χ2n) is 6.53. The van der Waals surface area contributed by atoms with Crippen LogP contribution in [0, 0.1) is 6.92 Å². The van der Waals surface area contributed by atoms with Gasteiger partial charge in [0.1, 0.15) is 18.5 Å². The van der Waals surface area contributed by atoms with Crippen LogP contribution in [0.4, 0.5) is 0 Å². The third-order valence-corrected chi connectivity index (χ3v) is 4.48. The van der Waals surface area contributed by atoms with Gasteiger partial charge in [0.2, 0.25) is 0 Å². The Labute approximate surface area is 164 Å². The highest BCUT2D eigenvalue weighted by Crippen LogP contribution is 2.27. The molecular formula is C21H26N2O5. The van der Waals surface area contributed by atoms with Crippen molar-refractivity contribution in [1.82, 2.24) is 10.5 Å². The second kappa shape index (κ2) is 9.43. The Morgan fingerprint density at radius 2 is 1.93 bits per heavy atom. The van der Waals surface area contributed by atoms with E-state index < -0.39 is 6.10 Å². The Hall–Kier alpha value is -2.77. The topological polar surface area (TPSA) is 86.0 Å². The minimum Gasteiger partial charge on any atom is -0.493 e. The Balaban J connectivity index is 1.40. The van der Waals surface area contributed by atoms with Gasteiger partial charge in [0.05, 0.1) is 19.9 Å². The first-order chi connectivity index (χ1) is 13.6. The number of benzene rings is 2. The van der Waals surface area contributed by atoms with Gasteiger partial charge in [0.25, 0.3) is 0 Å². The molecule has 1 heterocycles. The van der Waals surface area contributed by atoms with Gasteiger partial charge in [-0.25, -0.2) is 0 Å². The highest BCUT2D eigenvalue weighted by molar-refractivity contribution is 5.80. The smallest absolute Gasteiger partial charge is 0.170 e. The number of aromatic nitrogens is 1. The van der Waals surface area contributed by atoms with Gasteiger partial charge in [-0.1, -0.05) is 11.2 Å². The van der Waals surface area contributed by atoms with Gasteiger partial charge >= 0.3 is 0 Å². The molecule has 150 valence electrons. The first-order valence-electron chi connectivity index (χ1n) is 9.19. The van der Waals surface area contributed by atoms with Gasteiger partial charge in [0.15, 0.2) is 17.1 Å². The van der Waals surface area contributed by atoms with Crippen molar-refractivity contribution in [2.45, 2.75) is 19.4 Å². The fraction of sp³-hybridized carbons (Fsp3) is 0.381. The highest BCUT2D eigenvalue weighted by Gasteiger charge is 2.09. The summed E-state index contributed by atoms with van der Waals surface area (Å²) in [7, 11) is 3.24. The maximum atomic E-state index is 10.1. The lowest BCUT2D eigenvalue weighted by Gasteiger charge is -2.14. The average molecular weight is 386 g/mol. The molecular weight excluding hydrogens is 360 g/mol. The van der Waals surface area contributed by atoms with E-state index in [9.17, 15) is 5.11 Å². The van der Waals surface area contributed by atoms with Crippen LogP contribution in [0.3, 0.4) is 0 Å². The molecule has 0 spiro atoms. The number of aliphatic hydroxyl groups is 1. The summed E-state index contributed by atoms with van der Waals surface area (Å²) < 4.78 is 21.4. The van der Waals surface area contributed by atoms with Gasteiger partial charge in [-0.2, -0.15) is 0 Å². The van der Waals surface area contributed by atoms with Crippen LogP contribution in [0.1, 0.15) is 11.3 Å². The molecule has 3 aromatic rings. The van der Waals surface area contributed by atoms with Crippen molar-refractivity contribution in [2.75, 3.05) is 33.9 Å². The lowest BCUT2D eigenvalue weighted by atomic mass is 10.1. The van der Waals surface area contributed by atoms with E-state index in [4.69, 9.17) is 18.7 Å². The molecule has 0 bridgehead atoms. The monoisotopic (exact) mass is 386 g/mol. The fourth-order valence-electron chi connectivity index (χ4n) is 2.92. The van der Waals surface area contributed by atoms with Crippen molar-refractivity contribution >= 4 is 11.0 Å². The lowest BCUT2D eigenvalue weighted by molar-refractivity contribution is 0.106. The zero-order valence-corrected chi connectivity index (χ0v) is 16.4. The summed E-state index contributed by atoms with van der Waals surface area (Å²) in [5, 5.41) is 18.2. The number of aryl methyl sites for hydroxylation is 1. The molecule has 1 atom stereocenters. The second-order valence-corrected chi connectivity index (χ2v) is 6.53. The third-order valence-electron chi connectivity index (χ3n) is 4.48. The molecule has 0 fully saturated rings. The van der Waals surface area contributed by atoms with Crippen molar-refractivity contribution in [3.63, 3.8) is 0 Å². The summed E-state index contributed by atoms with van der Waals surface area (Å²) in [6, 6.07) is 11.4. The molecule has 0 saturated carbocycles. The average Bonchev–Trinajstić information content (AvgIpc) is 3.09. The Morgan fingerprint density at radius 1 is 1.11 bits per heavy atom. The van der Waals surface area contributed by atoms with Crippen molar-refractivity contribution in [3.05, 3.63) is 47.7 Å². The van der Waals surface area contributed by atoms with Gasteiger partial charge in [-0.05, 0) is 49.7 Å². The van der Waals surface area contributed by atoms with E-state index in [1.54, 1.807) is 20.3 Å². The standard InChI is InChI=1S/C21H26N2O5/c1-14-18-6-5-17(11-20(18)28-23-14)27-13-16(24)12-22-9-8-15-4-7-19(25-2)21(10-15)26-3/h4-7,10-11,16,22,24H,8-9,12-13H2,1-3H3. The van der Waals surface area contributed by atoms with Crippen LogP contribution in [0.5, 0.6) is 17.2 Å². The first kappa shape index (κ1) is 20.0. The third kappa shape index (κ3) is 4.94. The summed E-state index contributed by atoms with van der Waals surface area (Å²) in [6.07, 6.45) is 0.202. The van der Waals surface area contributed by atoms with E-state index in [0.717, 1.165) is 29.6 Å². The molecule has 2 aromatic carbocycles. The van der Waals surface area contributed by atoms with E-state index in [-0.39, 0.29) is 6.61 Å². The maximum absolute atomic E-state index is 10.1. The predicted octanol–water partition coefficient (Wildman–Crippen LogP) is 2.73. The van der Waals surface area contributed by atoms with Crippen LogP contribution < -0.4 is 19.5 Å². The number of hydrogen-bond acceptors (Lipinski definition) is 7. The molecule has 7 nitrogen and oxygen atoms in total. The number of nitrogens with zero attached hydrogens (tertiary/aromatic N) is 1. The van der Waals surface area contributed by atoms with Crippen LogP contribution >= 0.6 is 0 Å². The zero-order valence-electron chi connectivity index (χ0n) is 16.4. The molecule has 0 amide bonds. The number of aliphatic hydroxyl groups excluding tert-OH is 1. The number of rotatable bonds is 10. The number of ether oxygens (including phenoxy) is 3. The van der Waals surface area contributed by atoms with E-state index in [1.165, 1.54) is 0 Å². The molecule has 0 radical (unpaired) electrons. The normalized spacial score (nSPS) is 12.1. The zero-order chi connectivity index (χ0) is 19.9. The van der Waals surface area contributed by atoms with Crippen molar-refractivity contribution in [1.29, 1.82) is 0 Å². The molecule has 0 aliphatic carbocycles. The van der Waals surface area contributed by atoms with E-state index in [0.29, 0.717) is 29.4 Å². The van der Waals surface area contributed by atoms with Crippen LogP contribution in [0.15, 0.2) is 40.9 Å². The summed E-state index contributed by atoms with van der Waals surface area (Å²) in [4.78, 5) is 0. The van der Waals surface area contributed by atoms with Crippen molar-refractivity contribution in [2.24, 2.45) is 0 Å². The fourth-order valence-corrected chi connectivity index (χ4v) is 2.92. The number of nitrogens with one attached hydrogen (secondary N) is 1. The number of methoxy groups -OCH3 is 2. The molecule has 3 rings (SSSR count). The largest absolute Gasteiger partial charge is 0.493 e. The minimum atomic E-state index is -0.613. The van der Waals surface area contributed by atoms with Gasteiger partial charge < -0.3 is 29.2 Å². The molecule has 0 aliphatic rings. The molecule has 0 aliphatic heterocycles. The van der Waals surface area contributed by atoms with Gasteiger partial charge in [-0.15, -0.1) is 0 Å². The predicted molar refractivity (Wildman–Crippen MR) is 106 cm³/mol. The molecule has 1 unspecified atom stereocenters. The van der Waals surface area contributed by atoms with E-state index >= 15 is 0 Å². The Kier molecular flexibility index (Phi) is 6.73. The number of fused-ring (bicyclic) bond motifs is 1. The van der Waals surface area contributed by atoms with E-state index in [1.807, 2.05) is 37.3 Å². The highest BCUT2D eigenvalue weighted by atomic mass is 16.5. The van der Waals surface area contributed by atoms with Crippen molar-refractivity contribution < 1.29 is 23.8 Å². The molecule has 7 heteroatoms. The quantitative estimate of drug-likeness (QED) is 0.518. The van der Waals surface area contributed by atoms with Crippen LogP contribution in [0.2, 0.25) is 0 Å². The van der Waals surface area contributed by atoms with Crippen LogP contribution in [0.25, 0.3) is 11.0 Å². The Bertz CT molecular complexity index is 909. The summed E-state index contributed by atoms with van der Waals surface area (Å²) >= 11 is 0.